The molecule has 0 aliphatic carbocycles. The molecular weight excluding hydrogens is 330 g/mol. The Balaban J connectivity index is 1.60. The van der Waals surface area contributed by atoms with Gasteiger partial charge >= 0.3 is 0 Å². The van der Waals surface area contributed by atoms with Gasteiger partial charge in [0.25, 0.3) is 11.8 Å². The van der Waals surface area contributed by atoms with E-state index < -0.39 is 17.5 Å². The highest BCUT2D eigenvalue weighted by Crippen LogP contribution is 2.45. The van der Waals surface area contributed by atoms with Crippen molar-refractivity contribution < 1.29 is 19.1 Å². The van der Waals surface area contributed by atoms with Crippen LogP contribution < -0.4 is 4.90 Å². The number of benzene rings is 2. The van der Waals surface area contributed by atoms with Gasteiger partial charge in [-0.05, 0) is 52.0 Å². The number of ether oxygens (including phenoxy) is 2. The van der Waals surface area contributed by atoms with Gasteiger partial charge in [0.05, 0.1) is 28.0 Å². The Morgan fingerprint density at radius 1 is 0.769 bits per heavy atom. The molecule has 0 N–H and O–H groups in total. The van der Waals surface area contributed by atoms with Crippen LogP contribution in [0.4, 0.5) is 5.69 Å². The van der Waals surface area contributed by atoms with Crippen LogP contribution in [0.1, 0.15) is 60.3 Å². The summed E-state index contributed by atoms with van der Waals surface area (Å²) in [6, 6.07) is 14.0. The third kappa shape index (κ3) is 2.39. The molecule has 26 heavy (non-hydrogen) atoms. The molecule has 1 saturated heterocycles. The lowest BCUT2D eigenvalue weighted by Gasteiger charge is -2.30. The van der Waals surface area contributed by atoms with Crippen LogP contribution in [0, 0.1) is 0 Å². The highest BCUT2D eigenvalue weighted by atomic mass is 16.7. The lowest BCUT2D eigenvalue weighted by molar-refractivity contribution is -0.0895. The number of nitrogens with zero attached hydrogens (tertiary/aromatic N) is 1. The number of carbonyl (C=O) groups is 2. The molecule has 2 amide bonds. The monoisotopic (exact) mass is 351 g/mol. The summed E-state index contributed by atoms with van der Waals surface area (Å²) in [5.74, 6) is -0.594. The summed E-state index contributed by atoms with van der Waals surface area (Å²) >= 11 is 0. The van der Waals surface area contributed by atoms with Gasteiger partial charge in [-0.2, -0.15) is 0 Å². The molecule has 0 aromatic heterocycles. The summed E-state index contributed by atoms with van der Waals surface area (Å²) < 4.78 is 12.1. The number of hydrogen-bond donors (Lipinski definition) is 0. The van der Waals surface area contributed by atoms with Crippen molar-refractivity contribution in [3.63, 3.8) is 0 Å². The van der Waals surface area contributed by atoms with Gasteiger partial charge in [0.2, 0.25) is 0 Å². The Morgan fingerprint density at radius 2 is 1.23 bits per heavy atom. The number of hydrogen-bond acceptors (Lipinski definition) is 4. The normalized spacial score (nSPS) is 21.3. The summed E-state index contributed by atoms with van der Waals surface area (Å²) in [5.41, 5.74) is 1.43. The molecule has 2 heterocycles. The fourth-order valence-electron chi connectivity index (χ4n) is 3.18. The van der Waals surface area contributed by atoms with Crippen LogP contribution in [0.2, 0.25) is 0 Å². The number of fused-ring (bicyclic) bond motifs is 1. The number of amides is 2. The molecule has 5 heteroatoms. The van der Waals surface area contributed by atoms with Crippen molar-refractivity contribution in [1.29, 1.82) is 0 Å². The SMILES string of the molecule is CC1(C)OC(c2ccc(N3C(=O)c4ccccc4C3=O)cc2)OC1(C)C. The van der Waals surface area contributed by atoms with Crippen molar-refractivity contribution in [2.45, 2.75) is 45.2 Å². The molecule has 1 fully saturated rings. The molecule has 0 radical (unpaired) electrons. The maximum absolute atomic E-state index is 12.6. The second kappa shape index (κ2) is 5.50. The van der Waals surface area contributed by atoms with E-state index in [1.807, 2.05) is 39.8 Å². The first-order valence-corrected chi connectivity index (χ1v) is 8.65. The van der Waals surface area contributed by atoms with Crippen LogP contribution in [0.15, 0.2) is 48.5 Å². The number of imide groups is 1. The van der Waals surface area contributed by atoms with E-state index in [9.17, 15) is 9.59 Å². The van der Waals surface area contributed by atoms with E-state index in [0.29, 0.717) is 16.8 Å². The van der Waals surface area contributed by atoms with Crippen molar-refractivity contribution in [2.75, 3.05) is 4.90 Å². The molecule has 134 valence electrons. The van der Waals surface area contributed by atoms with Gasteiger partial charge in [-0.25, -0.2) is 4.90 Å². The summed E-state index contributed by atoms with van der Waals surface area (Å²) in [7, 11) is 0. The molecular formula is C21H21NO4. The van der Waals surface area contributed by atoms with Gasteiger partial charge in [0.15, 0.2) is 6.29 Å². The van der Waals surface area contributed by atoms with Crippen molar-refractivity contribution >= 4 is 17.5 Å². The summed E-state index contributed by atoms with van der Waals surface area (Å²) in [4.78, 5) is 26.4. The molecule has 0 bridgehead atoms. The van der Waals surface area contributed by atoms with Crippen LogP contribution in [0.25, 0.3) is 0 Å². The highest BCUT2D eigenvalue weighted by Gasteiger charge is 2.49. The van der Waals surface area contributed by atoms with Gasteiger partial charge in [-0.1, -0.05) is 24.3 Å². The Kier molecular flexibility index (Phi) is 3.58. The second-order valence-corrected chi connectivity index (χ2v) is 7.67. The quantitative estimate of drug-likeness (QED) is 0.765. The van der Waals surface area contributed by atoms with E-state index in [2.05, 4.69) is 0 Å². The molecule has 0 unspecified atom stereocenters. The average molecular weight is 351 g/mol. The van der Waals surface area contributed by atoms with Crippen LogP contribution in [0.3, 0.4) is 0 Å². The fourth-order valence-corrected chi connectivity index (χ4v) is 3.18. The van der Waals surface area contributed by atoms with Crippen molar-refractivity contribution in [2.24, 2.45) is 0 Å². The maximum atomic E-state index is 12.6. The van der Waals surface area contributed by atoms with E-state index in [0.717, 1.165) is 5.56 Å². The molecule has 2 aliphatic rings. The van der Waals surface area contributed by atoms with Crippen LogP contribution >= 0.6 is 0 Å². The zero-order valence-corrected chi connectivity index (χ0v) is 15.3. The predicted molar refractivity (Wildman–Crippen MR) is 97.1 cm³/mol. The highest BCUT2D eigenvalue weighted by molar-refractivity contribution is 6.34. The van der Waals surface area contributed by atoms with Gasteiger partial charge in [-0.3, -0.25) is 9.59 Å². The molecule has 0 saturated carbocycles. The Bertz CT molecular complexity index is 847. The third-order valence-electron chi connectivity index (χ3n) is 5.47. The van der Waals surface area contributed by atoms with Gasteiger partial charge in [0, 0.05) is 5.56 Å². The molecule has 2 aromatic rings. The van der Waals surface area contributed by atoms with E-state index in [-0.39, 0.29) is 11.8 Å². The number of rotatable bonds is 2. The van der Waals surface area contributed by atoms with E-state index >= 15 is 0 Å². The lowest BCUT2D eigenvalue weighted by Crippen LogP contribution is -2.41. The molecule has 2 aromatic carbocycles. The summed E-state index contributed by atoms with van der Waals surface area (Å²) in [6.45, 7) is 8.00. The minimum atomic E-state index is -0.476. The Morgan fingerprint density at radius 3 is 1.69 bits per heavy atom. The van der Waals surface area contributed by atoms with E-state index in [4.69, 9.17) is 9.47 Å². The Hall–Kier alpha value is -2.50. The lowest BCUT2D eigenvalue weighted by atomic mass is 9.90. The van der Waals surface area contributed by atoms with Gasteiger partial charge in [0.1, 0.15) is 0 Å². The third-order valence-corrected chi connectivity index (χ3v) is 5.47. The van der Waals surface area contributed by atoms with E-state index in [1.165, 1.54) is 4.90 Å². The molecule has 2 aliphatic heterocycles. The van der Waals surface area contributed by atoms with Crippen molar-refractivity contribution in [3.05, 3.63) is 65.2 Å². The maximum Gasteiger partial charge on any atom is 0.266 e. The molecule has 0 spiro atoms. The van der Waals surface area contributed by atoms with Gasteiger partial charge < -0.3 is 9.47 Å². The predicted octanol–water partition coefficient (Wildman–Crippen LogP) is 4.09. The Labute approximate surface area is 152 Å². The number of anilines is 1. The average Bonchev–Trinajstić information content (AvgIpc) is 2.98. The minimum absolute atomic E-state index is 0.297. The second-order valence-electron chi connectivity index (χ2n) is 7.67. The van der Waals surface area contributed by atoms with Crippen molar-refractivity contribution in [3.8, 4) is 0 Å². The molecule has 4 rings (SSSR count). The molecule has 5 nitrogen and oxygen atoms in total. The smallest absolute Gasteiger partial charge is 0.266 e. The zero-order chi connectivity index (χ0) is 18.7. The fraction of sp³-hybridized carbons (Fsp3) is 0.333. The van der Waals surface area contributed by atoms with Crippen LogP contribution in [-0.4, -0.2) is 23.0 Å². The van der Waals surface area contributed by atoms with Crippen LogP contribution in [-0.2, 0) is 9.47 Å². The minimum Gasteiger partial charge on any atom is -0.339 e. The number of carbonyl (C=O) groups excluding carboxylic acids is 2. The van der Waals surface area contributed by atoms with E-state index in [1.54, 1.807) is 36.4 Å². The first-order chi connectivity index (χ1) is 12.2. The first kappa shape index (κ1) is 16.9. The largest absolute Gasteiger partial charge is 0.339 e. The summed E-state index contributed by atoms with van der Waals surface area (Å²) in [6.07, 6.45) is -0.476. The van der Waals surface area contributed by atoms with Gasteiger partial charge in [-0.15, -0.1) is 0 Å². The van der Waals surface area contributed by atoms with Crippen LogP contribution in [0.5, 0.6) is 0 Å². The standard InChI is InChI=1S/C21H21NO4/c1-20(2)21(3,4)26-19(25-20)13-9-11-14(12-10-13)22-17(23)15-7-5-6-8-16(15)18(22)24/h5-12,19H,1-4H3. The summed E-state index contributed by atoms with van der Waals surface area (Å²) in [5, 5.41) is 0. The molecule has 0 atom stereocenters. The van der Waals surface area contributed by atoms with Crippen molar-refractivity contribution in [1.82, 2.24) is 0 Å². The first-order valence-electron chi connectivity index (χ1n) is 8.65. The zero-order valence-electron chi connectivity index (χ0n) is 15.3. The topological polar surface area (TPSA) is 55.8 Å².